The van der Waals surface area contributed by atoms with Gasteiger partial charge in [-0.3, -0.25) is 14.6 Å². The van der Waals surface area contributed by atoms with Gasteiger partial charge in [-0.25, -0.2) is 4.98 Å². The molecule has 7 nitrogen and oxygen atoms in total. The summed E-state index contributed by atoms with van der Waals surface area (Å²) in [5.41, 5.74) is 3.89. The number of rotatable bonds is 6. The summed E-state index contributed by atoms with van der Waals surface area (Å²) in [7, 11) is 1.89. The minimum atomic E-state index is -0.0120. The molecule has 0 saturated heterocycles. The lowest BCUT2D eigenvalue weighted by Gasteiger charge is -2.04. The van der Waals surface area contributed by atoms with Gasteiger partial charge in [0.2, 0.25) is 5.91 Å². The van der Waals surface area contributed by atoms with Crippen LogP contribution < -0.4 is 5.32 Å². The maximum absolute atomic E-state index is 12.1. The Hall–Kier alpha value is -2.96. The molecule has 130 valence electrons. The van der Waals surface area contributed by atoms with Crippen molar-refractivity contribution >= 4 is 5.91 Å². The Morgan fingerprint density at radius 3 is 2.68 bits per heavy atom. The smallest absolute Gasteiger partial charge is 0.224 e. The normalized spacial score (nSPS) is 10.8. The molecule has 3 aromatic rings. The number of benzene rings is 1. The van der Waals surface area contributed by atoms with E-state index in [9.17, 15) is 4.79 Å². The van der Waals surface area contributed by atoms with Crippen LogP contribution in [0.3, 0.4) is 0 Å². The van der Waals surface area contributed by atoms with Crippen LogP contribution in [0.5, 0.6) is 0 Å². The van der Waals surface area contributed by atoms with Crippen molar-refractivity contribution in [2.45, 2.75) is 26.7 Å². The van der Waals surface area contributed by atoms with Gasteiger partial charge in [0.1, 0.15) is 5.82 Å². The molecular weight excluding hydrogens is 316 g/mol. The van der Waals surface area contributed by atoms with E-state index in [1.54, 1.807) is 4.68 Å². The highest BCUT2D eigenvalue weighted by Gasteiger charge is 2.13. The zero-order chi connectivity index (χ0) is 17.8. The van der Waals surface area contributed by atoms with Crippen LogP contribution >= 0.6 is 0 Å². The van der Waals surface area contributed by atoms with E-state index in [0.717, 1.165) is 28.3 Å². The first-order valence-electron chi connectivity index (χ1n) is 8.27. The summed E-state index contributed by atoms with van der Waals surface area (Å²) in [6.45, 7) is 4.41. The van der Waals surface area contributed by atoms with Crippen molar-refractivity contribution in [3.05, 3.63) is 53.1 Å². The maximum atomic E-state index is 12.1. The van der Waals surface area contributed by atoms with Crippen LogP contribution in [0.15, 0.2) is 30.3 Å². The molecule has 0 unspecified atom stereocenters. The second-order valence-corrected chi connectivity index (χ2v) is 6.02. The van der Waals surface area contributed by atoms with Gasteiger partial charge in [0, 0.05) is 36.8 Å². The van der Waals surface area contributed by atoms with Crippen molar-refractivity contribution < 1.29 is 4.79 Å². The van der Waals surface area contributed by atoms with Crippen LogP contribution in [0.25, 0.3) is 11.4 Å². The summed E-state index contributed by atoms with van der Waals surface area (Å²) >= 11 is 0. The Balaban J connectivity index is 1.51. The van der Waals surface area contributed by atoms with Crippen molar-refractivity contribution in [2.24, 2.45) is 7.05 Å². The van der Waals surface area contributed by atoms with Crippen LogP contribution in [0.1, 0.15) is 22.8 Å². The molecule has 1 amide bonds. The third kappa shape index (κ3) is 3.93. The van der Waals surface area contributed by atoms with Crippen LogP contribution in [0.2, 0.25) is 0 Å². The number of H-pyrrole nitrogens is 1. The molecule has 0 bridgehead atoms. The summed E-state index contributed by atoms with van der Waals surface area (Å²) in [6, 6.07) is 9.79. The maximum Gasteiger partial charge on any atom is 0.224 e. The lowest BCUT2D eigenvalue weighted by molar-refractivity contribution is -0.120. The average molecular weight is 338 g/mol. The largest absolute Gasteiger partial charge is 0.355 e. The number of hydrogen-bond acceptors (Lipinski definition) is 4. The lowest BCUT2D eigenvalue weighted by Crippen LogP contribution is -2.27. The van der Waals surface area contributed by atoms with E-state index in [2.05, 4.69) is 25.6 Å². The van der Waals surface area contributed by atoms with Gasteiger partial charge in [-0.1, -0.05) is 30.3 Å². The molecule has 2 aromatic heterocycles. The van der Waals surface area contributed by atoms with Gasteiger partial charge in [-0.15, -0.1) is 0 Å². The Morgan fingerprint density at radius 2 is 2.00 bits per heavy atom. The predicted molar refractivity (Wildman–Crippen MR) is 94.9 cm³/mol. The number of carbonyl (C=O) groups is 1. The van der Waals surface area contributed by atoms with Gasteiger partial charge in [0.15, 0.2) is 5.82 Å². The quantitative estimate of drug-likeness (QED) is 0.716. The number of hydrogen-bond donors (Lipinski definition) is 2. The van der Waals surface area contributed by atoms with Gasteiger partial charge in [0.25, 0.3) is 0 Å². The molecule has 0 aliphatic rings. The lowest BCUT2D eigenvalue weighted by atomic mass is 10.1. The molecule has 0 radical (unpaired) electrons. The number of carbonyl (C=O) groups excluding carboxylic acids is 1. The predicted octanol–water partition coefficient (Wildman–Crippen LogP) is 1.72. The summed E-state index contributed by atoms with van der Waals surface area (Å²) in [5.74, 6) is 1.42. The SMILES string of the molecule is Cc1nn(C)c(C)c1CC(=O)NCCc1nc(-c2ccccc2)n[nH]1. The topological polar surface area (TPSA) is 88.5 Å². The number of aryl methyl sites for hydroxylation is 2. The fourth-order valence-electron chi connectivity index (χ4n) is 2.74. The van der Waals surface area contributed by atoms with E-state index in [-0.39, 0.29) is 5.91 Å². The summed E-state index contributed by atoms with van der Waals surface area (Å²) in [5, 5.41) is 14.4. The molecule has 3 rings (SSSR count). The minimum Gasteiger partial charge on any atom is -0.355 e. The van der Waals surface area contributed by atoms with E-state index in [1.165, 1.54) is 0 Å². The summed E-state index contributed by atoms with van der Waals surface area (Å²) in [6.07, 6.45) is 0.952. The minimum absolute atomic E-state index is 0.0120. The highest BCUT2D eigenvalue weighted by molar-refractivity contribution is 5.79. The number of aromatic amines is 1. The van der Waals surface area contributed by atoms with Crippen LogP contribution in [-0.4, -0.2) is 37.4 Å². The van der Waals surface area contributed by atoms with E-state index in [1.807, 2.05) is 51.2 Å². The van der Waals surface area contributed by atoms with E-state index in [4.69, 9.17) is 0 Å². The Kier molecular flexibility index (Phi) is 4.92. The monoisotopic (exact) mass is 338 g/mol. The van der Waals surface area contributed by atoms with Crippen molar-refractivity contribution in [1.29, 1.82) is 0 Å². The Morgan fingerprint density at radius 1 is 1.24 bits per heavy atom. The Bertz CT molecular complexity index is 865. The Labute approximate surface area is 146 Å². The standard InChI is InChI=1S/C18H22N6O/c1-12-15(13(2)24(3)23-12)11-17(25)19-10-9-16-20-18(22-21-16)14-7-5-4-6-8-14/h4-8H,9-11H2,1-3H3,(H,19,25)(H,20,21,22). The van der Waals surface area contributed by atoms with Gasteiger partial charge in [-0.05, 0) is 13.8 Å². The molecule has 0 aliphatic carbocycles. The first-order valence-corrected chi connectivity index (χ1v) is 8.27. The molecule has 0 saturated carbocycles. The van der Waals surface area contributed by atoms with Gasteiger partial charge in [-0.2, -0.15) is 10.2 Å². The number of amides is 1. The average Bonchev–Trinajstić information content (AvgIpc) is 3.16. The van der Waals surface area contributed by atoms with Crippen molar-refractivity contribution in [1.82, 2.24) is 30.3 Å². The molecule has 0 fully saturated rings. The molecule has 2 heterocycles. The van der Waals surface area contributed by atoms with Gasteiger partial charge < -0.3 is 5.32 Å². The number of nitrogens with zero attached hydrogens (tertiary/aromatic N) is 4. The summed E-state index contributed by atoms with van der Waals surface area (Å²) in [4.78, 5) is 16.6. The van der Waals surface area contributed by atoms with Crippen molar-refractivity contribution in [2.75, 3.05) is 6.54 Å². The second kappa shape index (κ2) is 7.29. The van der Waals surface area contributed by atoms with Crippen molar-refractivity contribution in [3.8, 4) is 11.4 Å². The fourth-order valence-corrected chi connectivity index (χ4v) is 2.74. The van der Waals surface area contributed by atoms with Crippen LogP contribution in [0.4, 0.5) is 0 Å². The third-order valence-corrected chi connectivity index (χ3v) is 4.24. The number of aromatic nitrogens is 5. The zero-order valence-electron chi connectivity index (χ0n) is 14.7. The number of nitrogens with one attached hydrogen (secondary N) is 2. The van der Waals surface area contributed by atoms with E-state index >= 15 is 0 Å². The molecule has 1 aromatic carbocycles. The molecule has 0 spiro atoms. The van der Waals surface area contributed by atoms with E-state index < -0.39 is 0 Å². The first-order chi connectivity index (χ1) is 12.0. The fraction of sp³-hybridized carbons (Fsp3) is 0.333. The zero-order valence-corrected chi connectivity index (χ0v) is 14.7. The van der Waals surface area contributed by atoms with Crippen LogP contribution in [0, 0.1) is 13.8 Å². The van der Waals surface area contributed by atoms with Gasteiger partial charge in [0.05, 0.1) is 12.1 Å². The molecule has 2 N–H and O–H groups in total. The summed E-state index contributed by atoms with van der Waals surface area (Å²) < 4.78 is 1.80. The molecule has 7 heteroatoms. The highest BCUT2D eigenvalue weighted by Crippen LogP contribution is 2.14. The molecule has 0 aliphatic heterocycles. The van der Waals surface area contributed by atoms with Crippen LogP contribution in [-0.2, 0) is 24.7 Å². The van der Waals surface area contributed by atoms with Gasteiger partial charge >= 0.3 is 0 Å². The second-order valence-electron chi connectivity index (χ2n) is 6.02. The third-order valence-electron chi connectivity index (χ3n) is 4.24. The molecule has 0 atom stereocenters. The van der Waals surface area contributed by atoms with E-state index in [0.29, 0.717) is 25.2 Å². The highest BCUT2D eigenvalue weighted by atomic mass is 16.1. The molecular formula is C18H22N6O. The van der Waals surface area contributed by atoms with Crippen molar-refractivity contribution in [3.63, 3.8) is 0 Å². The molecule has 25 heavy (non-hydrogen) atoms. The first kappa shape index (κ1) is 16.9.